The molecule has 558 valence electrons. The minimum absolute atomic E-state index is 0.103. The predicted molar refractivity (Wildman–Crippen MR) is 381 cm³/mol. The van der Waals surface area contributed by atoms with E-state index in [9.17, 15) is 43.2 Å². The number of carbonyl (C=O) groups excluding carboxylic acids is 4. The number of esters is 4. The summed E-state index contributed by atoms with van der Waals surface area (Å²) in [6.07, 6.45) is 48.7. The minimum Gasteiger partial charge on any atom is -0.462 e. The maximum atomic E-state index is 13.1. The lowest BCUT2D eigenvalue weighted by molar-refractivity contribution is -0.161. The zero-order valence-electron chi connectivity index (χ0n) is 61.6. The molecule has 0 fully saturated rings. The summed E-state index contributed by atoms with van der Waals surface area (Å²) in [6.45, 7) is 14.1. The Kier molecular flexibility index (Phi) is 63.1. The summed E-state index contributed by atoms with van der Waals surface area (Å²) in [6, 6.07) is 0. The molecule has 0 bridgehead atoms. The summed E-state index contributed by atoms with van der Waals surface area (Å²) in [5, 5.41) is 10.6. The molecular weight excluding hydrogens is 1230 g/mol. The van der Waals surface area contributed by atoms with Crippen molar-refractivity contribution >= 4 is 39.5 Å². The fraction of sp³-hybridized carbons (Fsp3) is 0.947. The Labute approximate surface area is 575 Å². The molecule has 0 aliphatic carbocycles. The molecule has 0 amide bonds. The third-order valence-corrected chi connectivity index (χ3v) is 19.6. The summed E-state index contributed by atoms with van der Waals surface area (Å²) in [7, 11) is -9.91. The molecule has 0 saturated heterocycles. The van der Waals surface area contributed by atoms with Gasteiger partial charge in [-0.3, -0.25) is 37.3 Å². The standard InChI is InChI=1S/C75H146O17P2/c1-9-68(8)54-46-38-33-34-42-50-58-75(80)92-71(62-85-72(77)55-47-39-30-24-20-17-13-15-19-23-28-36-44-52-66(4)5)64-90-94(83,84)88-60-69(76)59-87-93(81,82)89-63-70(61-86-73(78)56-48-40-32-26-29-37-45-53-67(6)7)91-74(79)57-49-41-31-25-21-16-12-10-11-14-18-22-27-35-43-51-65(2)3/h65-71,76H,9-64H2,1-8H3,(H,81,82)(H,83,84)/t68?,69?,70-,71-/m1/s1. The van der Waals surface area contributed by atoms with Crippen LogP contribution in [0.1, 0.15) is 376 Å². The van der Waals surface area contributed by atoms with Gasteiger partial charge in [-0.05, 0) is 49.4 Å². The van der Waals surface area contributed by atoms with Crippen LogP contribution in [0.5, 0.6) is 0 Å². The number of hydrogen-bond acceptors (Lipinski definition) is 15. The van der Waals surface area contributed by atoms with E-state index >= 15 is 0 Å². The summed E-state index contributed by atoms with van der Waals surface area (Å²) >= 11 is 0. The van der Waals surface area contributed by atoms with Gasteiger partial charge >= 0.3 is 39.5 Å². The molecular formula is C75H146O17P2. The van der Waals surface area contributed by atoms with Crippen molar-refractivity contribution in [3.8, 4) is 0 Å². The van der Waals surface area contributed by atoms with Crippen molar-refractivity contribution in [2.75, 3.05) is 39.6 Å². The van der Waals surface area contributed by atoms with Gasteiger partial charge in [0, 0.05) is 25.7 Å². The largest absolute Gasteiger partial charge is 0.472 e. The Morgan fingerprint density at radius 1 is 0.298 bits per heavy atom. The smallest absolute Gasteiger partial charge is 0.462 e. The molecule has 17 nitrogen and oxygen atoms in total. The van der Waals surface area contributed by atoms with Crippen molar-refractivity contribution in [3.05, 3.63) is 0 Å². The van der Waals surface area contributed by atoms with Crippen LogP contribution in [-0.2, 0) is 65.4 Å². The molecule has 94 heavy (non-hydrogen) atoms. The second-order valence-corrected chi connectivity index (χ2v) is 31.6. The van der Waals surface area contributed by atoms with Gasteiger partial charge in [0.15, 0.2) is 12.2 Å². The van der Waals surface area contributed by atoms with E-state index in [2.05, 4.69) is 55.4 Å². The van der Waals surface area contributed by atoms with Gasteiger partial charge in [0.25, 0.3) is 0 Å². The molecule has 0 aromatic heterocycles. The van der Waals surface area contributed by atoms with E-state index in [0.29, 0.717) is 31.6 Å². The maximum absolute atomic E-state index is 13.1. The first-order valence-corrected chi connectivity index (χ1v) is 41.7. The number of unbranched alkanes of at least 4 members (excludes halogenated alkanes) is 37. The van der Waals surface area contributed by atoms with E-state index in [1.807, 2.05) is 0 Å². The monoisotopic (exact) mass is 1380 g/mol. The number of phosphoric acid groups is 2. The molecule has 0 saturated carbocycles. The van der Waals surface area contributed by atoms with Gasteiger partial charge in [0.2, 0.25) is 0 Å². The van der Waals surface area contributed by atoms with Crippen LogP contribution in [-0.4, -0.2) is 96.7 Å². The topological polar surface area (TPSA) is 237 Å². The molecule has 0 aromatic carbocycles. The maximum Gasteiger partial charge on any atom is 0.472 e. The molecule has 6 atom stereocenters. The molecule has 0 radical (unpaired) electrons. The number of rotatable bonds is 72. The Balaban J connectivity index is 5.20. The van der Waals surface area contributed by atoms with Crippen LogP contribution in [0.2, 0.25) is 0 Å². The number of aliphatic hydroxyl groups is 1. The van der Waals surface area contributed by atoms with Crippen LogP contribution >= 0.6 is 15.6 Å². The summed E-state index contributed by atoms with van der Waals surface area (Å²) in [4.78, 5) is 72.7. The van der Waals surface area contributed by atoms with E-state index in [-0.39, 0.29) is 25.7 Å². The van der Waals surface area contributed by atoms with E-state index in [1.165, 1.54) is 173 Å². The van der Waals surface area contributed by atoms with Crippen LogP contribution < -0.4 is 0 Å². The summed E-state index contributed by atoms with van der Waals surface area (Å²) in [5.41, 5.74) is 0. The Morgan fingerprint density at radius 2 is 0.511 bits per heavy atom. The van der Waals surface area contributed by atoms with Crippen molar-refractivity contribution in [1.29, 1.82) is 0 Å². The van der Waals surface area contributed by atoms with Crippen LogP contribution in [0.25, 0.3) is 0 Å². The van der Waals surface area contributed by atoms with Crippen LogP contribution in [0.3, 0.4) is 0 Å². The van der Waals surface area contributed by atoms with Crippen molar-refractivity contribution in [2.24, 2.45) is 23.7 Å². The summed E-state index contributed by atoms with van der Waals surface area (Å²) < 4.78 is 68.4. The number of ether oxygens (including phenoxy) is 4. The second-order valence-electron chi connectivity index (χ2n) is 28.7. The third kappa shape index (κ3) is 67.3. The van der Waals surface area contributed by atoms with Crippen molar-refractivity contribution in [3.63, 3.8) is 0 Å². The highest BCUT2D eigenvalue weighted by molar-refractivity contribution is 7.47. The van der Waals surface area contributed by atoms with E-state index in [0.717, 1.165) is 114 Å². The zero-order valence-corrected chi connectivity index (χ0v) is 63.4. The van der Waals surface area contributed by atoms with Crippen molar-refractivity contribution in [2.45, 2.75) is 395 Å². The van der Waals surface area contributed by atoms with Crippen molar-refractivity contribution < 1.29 is 80.2 Å². The van der Waals surface area contributed by atoms with Gasteiger partial charge in [-0.25, -0.2) is 9.13 Å². The van der Waals surface area contributed by atoms with Crippen LogP contribution in [0.15, 0.2) is 0 Å². The number of phosphoric ester groups is 2. The Morgan fingerprint density at radius 3 is 0.755 bits per heavy atom. The first kappa shape index (κ1) is 92.1. The molecule has 0 heterocycles. The van der Waals surface area contributed by atoms with Gasteiger partial charge in [0.05, 0.1) is 26.4 Å². The number of aliphatic hydroxyl groups excluding tert-OH is 1. The second kappa shape index (κ2) is 64.4. The lowest BCUT2D eigenvalue weighted by Crippen LogP contribution is -2.30. The lowest BCUT2D eigenvalue weighted by Gasteiger charge is -2.21. The fourth-order valence-corrected chi connectivity index (χ4v) is 12.9. The number of hydrogen-bond donors (Lipinski definition) is 3. The van der Waals surface area contributed by atoms with Gasteiger partial charge in [-0.1, -0.05) is 325 Å². The van der Waals surface area contributed by atoms with E-state index in [1.54, 1.807) is 0 Å². The minimum atomic E-state index is -4.96. The molecule has 3 N–H and O–H groups in total. The predicted octanol–water partition coefficient (Wildman–Crippen LogP) is 21.7. The van der Waals surface area contributed by atoms with Gasteiger partial charge in [-0.15, -0.1) is 0 Å². The van der Waals surface area contributed by atoms with Gasteiger partial charge in [-0.2, -0.15) is 0 Å². The average Bonchev–Trinajstić information content (AvgIpc) is 1.61. The van der Waals surface area contributed by atoms with Gasteiger partial charge < -0.3 is 33.8 Å². The Bertz CT molecular complexity index is 1850. The van der Waals surface area contributed by atoms with Crippen LogP contribution in [0.4, 0.5) is 0 Å². The Hall–Kier alpha value is -1.94. The molecule has 0 aliphatic rings. The molecule has 0 rings (SSSR count). The van der Waals surface area contributed by atoms with E-state index < -0.39 is 97.5 Å². The first-order chi connectivity index (χ1) is 45.1. The SMILES string of the molecule is CCC(C)CCCCCCCCC(=O)O[C@H](COC(=O)CCCCCCCCCCCCCCCC(C)C)COP(=O)(O)OCC(O)COP(=O)(O)OC[C@@H](COC(=O)CCCCCCCCCC(C)C)OC(=O)CCCCCCCCCCCCCCCCCC(C)C. The highest BCUT2D eigenvalue weighted by Crippen LogP contribution is 2.45. The zero-order chi connectivity index (χ0) is 69.6. The first-order valence-electron chi connectivity index (χ1n) is 38.7. The highest BCUT2D eigenvalue weighted by atomic mass is 31.2. The molecule has 0 aromatic rings. The van der Waals surface area contributed by atoms with Crippen LogP contribution in [0, 0.1) is 23.7 Å². The normalized spacial score (nSPS) is 14.4. The third-order valence-electron chi connectivity index (χ3n) is 17.7. The number of carbonyl (C=O) groups is 4. The molecule has 0 aliphatic heterocycles. The summed E-state index contributed by atoms with van der Waals surface area (Å²) in [5.74, 6) is 0.893. The van der Waals surface area contributed by atoms with Crippen molar-refractivity contribution in [1.82, 2.24) is 0 Å². The van der Waals surface area contributed by atoms with E-state index in [4.69, 9.17) is 37.0 Å². The molecule has 4 unspecified atom stereocenters. The highest BCUT2D eigenvalue weighted by Gasteiger charge is 2.30. The van der Waals surface area contributed by atoms with Gasteiger partial charge in [0.1, 0.15) is 19.3 Å². The quantitative estimate of drug-likeness (QED) is 0.0222. The molecule has 19 heteroatoms. The average molecular weight is 1380 g/mol. The molecule has 0 spiro atoms. The fourth-order valence-electron chi connectivity index (χ4n) is 11.3. The lowest BCUT2D eigenvalue weighted by atomic mass is 10.00.